The summed E-state index contributed by atoms with van der Waals surface area (Å²) in [5, 5.41) is 11.9. The molecule has 1 saturated heterocycles. The van der Waals surface area contributed by atoms with Gasteiger partial charge in [-0.3, -0.25) is 9.36 Å². The van der Waals surface area contributed by atoms with E-state index < -0.39 is 0 Å². The van der Waals surface area contributed by atoms with Gasteiger partial charge in [0.2, 0.25) is 0 Å². The first kappa shape index (κ1) is 27.2. The highest BCUT2D eigenvalue weighted by molar-refractivity contribution is 5.87. The molecule has 0 aliphatic carbocycles. The van der Waals surface area contributed by atoms with Crippen molar-refractivity contribution in [1.82, 2.24) is 9.47 Å². The maximum Gasteiger partial charge on any atom is 0.266 e. The third-order valence-corrected chi connectivity index (χ3v) is 6.46. The van der Waals surface area contributed by atoms with Crippen molar-refractivity contribution in [2.75, 3.05) is 31.5 Å². The van der Waals surface area contributed by atoms with E-state index in [0.29, 0.717) is 16.7 Å². The summed E-state index contributed by atoms with van der Waals surface area (Å²) in [4.78, 5) is 15.8. The summed E-state index contributed by atoms with van der Waals surface area (Å²) < 4.78 is 7.62. The van der Waals surface area contributed by atoms with Crippen molar-refractivity contribution in [2.24, 2.45) is 0 Å². The molecule has 6 nitrogen and oxygen atoms in total. The van der Waals surface area contributed by atoms with Gasteiger partial charge in [0.25, 0.3) is 5.56 Å². The fourth-order valence-corrected chi connectivity index (χ4v) is 4.49. The lowest BCUT2D eigenvalue weighted by molar-refractivity contribution is 0.352. The summed E-state index contributed by atoms with van der Waals surface area (Å²) >= 11 is 0. The van der Waals surface area contributed by atoms with Gasteiger partial charge in [-0.25, -0.2) is 0 Å². The fraction of sp³-hybridized carbons (Fsp3) is 0.400. The number of benzene rings is 1. The van der Waals surface area contributed by atoms with Crippen molar-refractivity contribution in [3.05, 3.63) is 75.4 Å². The molecule has 192 valence electrons. The second-order valence-corrected chi connectivity index (χ2v) is 9.30. The molecule has 6 heteroatoms. The summed E-state index contributed by atoms with van der Waals surface area (Å²) in [6.07, 6.45) is 7.75. The molecule has 2 aromatic heterocycles. The summed E-state index contributed by atoms with van der Waals surface area (Å²) in [5.74, 6) is 0.706. The summed E-state index contributed by atoms with van der Waals surface area (Å²) in [7, 11) is 0. The molecule has 3 heterocycles. The highest BCUT2D eigenvalue weighted by atomic mass is 16.3. The van der Waals surface area contributed by atoms with Gasteiger partial charge in [-0.1, -0.05) is 25.5 Å². The molecule has 1 fully saturated rings. The maximum atomic E-state index is 13.3. The highest BCUT2D eigenvalue weighted by Crippen LogP contribution is 2.26. The maximum absolute atomic E-state index is 13.3. The molecule has 0 saturated carbocycles. The van der Waals surface area contributed by atoms with Crippen LogP contribution < -0.4 is 10.9 Å². The number of anilines is 1. The van der Waals surface area contributed by atoms with Crippen molar-refractivity contribution in [3.63, 3.8) is 0 Å². The van der Waals surface area contributed by atoms with Crippen LogP contribution in [-0.2, 0) is 0 Å². The standard InChI is InChI=1S/C28H34N4O2.C2H6/c1-19(2)15-20(3)21(4)27-17-24-26(34-27)9-13-32(28(24)33)23-7-8-25(22(16-23)18-29)30-10-14-31-11-5-6-12-31;1-2/h7-9,13,15-18,29-30H,5-6,10-12,14H2,1-4H3;1-2H3/b21-20+,29-18?;. The van der Waals surface area contributed by atoms with Crippen LogP contribution in [0.15, 0.2) is 63.0 Å². The second kappa shape index (κ2) is 12.5. The van der Waals surface area contributed by atoms with E-state index in [0.717, 1.165) is 41.2 Å². The molecule has 0 radical (unpaired) electrons. The molecule has 0 unspecified atom stereocenters. The molecule has 4 rings (SSSR count). The normalized spacial score (nSPS) is 14.2. The molecule has 0 amide bonds. The number of likely N-dealkylation sites (tertiary alicyclic amines) is 1. The number of nitrogens with zero attached hydrogens (tertiary/aromatic N) is 2. The molecule has 1 aliphatic heterocycles. The summed E-state index contributed by atoms with van der Waals surface area (Å²) in [5.41, 5.74) is 6.18. The average molecular weight is 489 g/mol. The molecule has 1 aliphatic rings. The predicted molar refractivity (Wildman–Crippen MR) is 153 cm³/mol. The van der Waals surface area contributed by atoms with E-state index in [1.54, 1.807) is 10.8 Å². The lowest BCUT2D eigenvalue weighted by Crippen LogP contribution is -2.26. The van der Waals surface area contributed by atoms with Gasteiger partial charge < -0.3 is 20.0 Å². The van der Waals surface area contributed by atoms with Crippen LogP contribution in [0.5, 0.6) is 0 Å². The number of hydrogen-bond acceptors (Lipinski definition) is 5. The van der Waals surface area contributed by atoms with Crippen molar-refractivity contribution in [2.45, 2.75) is 54.4 Å². The Morgan fingerprint density at radius 1 is 1.08 bits per heavy atom. The smallest absolute Gasteiger partial charge is 0.266 e. The largest absolute Gasteiger partial charge is 0.456 e. The summed E-state index contributed by atoms with van der Waals surface area (Å²) in [6, 6.07) is 9.41. The van der Waals surface area contributed by atoms with E-state index in [1.807, 2.05) is 58.0 Å². The van der Waals surface area contributed by atoms with Crippen molar-refractivity contribution < 1.29 is 4.42 Å². The van der Waals surface area contributed by atoms with Crippen LogP contribution >= 0.6 is 0 Å². The molecular weight excluding hydrogens is 448 g/mol. The first-order valence-corrected chi connectivity index (χ1v) is 13.0. The summed E-state index contributed by atoms with van der Waals surface area (Å²) in [6.45, 7) is 16.4. The molecular formula is C30H40N4O2. The molecule has 0 bridgehead atoms. The van der Waals surface area contributed by atoms with Gasteiger partial charge in [0.15, 0.2) is 0 Å². The zero-order valence-electron chi connectivity index (χ0n) is 22.6. The highest BCUT2D eigenvalue weighted by Gasteiger charge is 2.14. The number of fused-ring (bicyclic) bond motifs is 1. The Balaban J connectivity index is 0.00000176. The van der Waals surface area contributed by atoms with Crippen molar-refractivity contribution in [3.8, 4) is 5.69 Å². The molecule has 3 aromatic rings. The van der Waals surface area contributed by atoms with Gasteiger partial charge in [0.1, 0.15) is 11.3 Å². The number of pyridine rings is 1. The van der Waals surface area contributed by atoms with E-state index in [2.05, 4.69) is 30.1 Å². The fourth-order valence-electron chi connectivity index (χ4n) is 4.49. The number of nitrogens with one attached hydrogen (secondary N) is 2. The quantitative estimate of drug-likeness (QED) is 0.268. The van der Waals surface area contributed by atoms with Gasteiger partial charge in [0.05, 0.1) is 5.39 Å². The monoisotopic (exact) mass is 488 g/mol. The Hall–Kier alpha value is -3.38. The van der Waals surface area contributed by atoms with Gasteiger partial charge in [-0.15, -0.1) is 0 Å². The number of aromatic nitrogens is 1. The molecule has 2 N–H and O–H groups in total. The van der Waals surface area contributed by atoms with E-state index >= 15 is 0 Å². The van der Waals surface area contributed by atoms with Crippen LogP contribution in [0.4, 0.5) is 5.69 Å². The number of furan rings is 1. The molecule has 36 heavy (non-hydrogen) atoms. The van der Waals surface area contributed by atoms with Crippen LogP contribution in [0, 0.1) is 5.41 Å². The number of allylic oxidation sites excluding steroid dienone is 4. The van der Waals surface area contributed by atoms with Crippen LogP contribution in [0.2, 0.25) is 0 Å². The first-order valence-electron chi connectivity index (χ1n) is 13.0. The number of rotatable bonds is 8. The zero-order valence-corrected chi connectivity index (χ0v) is 22.6. The minimum Gasteiger partial charge on any atom is -0.456 e. The first-order chi connectivity index (χ1) is 17.4. The second-order valence-electron chi connectivity index (χ2n) is 9.30. The average Bonchev–Trinajstić information content (AvgIpc) is 3.55. The van der Waals surface area contributed by atoms with E-state index in [-0.39, 0.29) is 5.56 Å². The SMILES string of the molecule is CC.CC(C)=C/C(C)=C(\C)c1cc2c(=O)n(-c3ccc(NCCN4CCCC4)c(C=N)c3)ccc2o1. The Bertz CT molecular complexity index is 1320. The van der Waals surface area contributed by atoms with E-state index in [9.17, 15) is 4.79 Å². The minimum absolute atomic E-state index is 0.133. The molecule has 0 atom stereocenters. The lowest BCUT2D eigenvalue weighted by Gasteiger charge is -2.17. The van der Waals surface area contributed by atoms with Crippen molar-refractivity contribution >= 4 is 28.4 Å². The van der Waals surface area contributed by atoms with Crippen LogP contribution in [0.25, 0.3) is 22.2 Å². The number of hydrogen-bond donors (Lipinski definition) is 2. The Kier molecular flexibility index (Phi) is 9.48. The van der Waals surface area contributed by atoms with Gasteiger partial charge in [-0.2, -0.15) is 0 Å². The van der Waals surface area contributed by atoms with Crippen LogP contribution in [-0.4, -0.2) is 41.9 Å². The minimum atomic E-state index is -0.133. The zero-order chi connectivity index (χ0) is 26.2. The topological polar surface area (TPSA) is 74.3 Å². The Labute approximate surface area is 214 Å². The van der Waals surface area contributed by atoms with E-state index in [4.69, 9.17) is 9.83 Å². The van der Waals surface area contributed by atoms with E-state index in [1.165, 1.54) is 37.7 Å². The van der Waals surface area contributed by atoms with Crippen molar-refractivity contribution in [1.29, 1.82) is 5.41 Å². The third kappa shape index (κ3) is 6.24. The Morgan fingerprint density at radius 2 is 1.81 bits per heavy atom. The van der Waals surface area contributed by atoms with Gasteiger partial charge in [-0.05, 0) is 95.1 Å². The lowest BCUT2D eigenvalue weighted by atomic mass is 10.1. The molecule has 1 aromatic carbocycles. The predicted octanol–water partition coefficient (Wildman–Crippen LogP) is 6.87. The van der Waals surface area contributed by atoms with Gasteiger partial charge >= 0.3 is 0 Å². The molecule has 0 spiro atoms. The van der Waals surface area contributed by atoms with Crippen LogP contribution in [0.3, 0.4) is 0 Å². The van der Waals surface area contributed by atoms with Crippen LogP contribution in [0.1, 0.15) is 65.7 Å². The Morgan fingerprint density at radius 3 is 2.47 bits per heavy atom. The third-order valence-electron chi connectivity index (χ3n) is 6.46. The van der Waals surface area contributed by atoms with Gasteiger partial charge in [0, 0.05) is 42.4 Å².